The topological polar surface area (TPSA) is 34.9 Å². The molecule has 0 aliphatic heterocycles. The zero-order valence-corrected chi connectivity index (χ0v) is 16.6. The molecule has 0 saturated carbocycles. The summed E-state index contributed by atoms with van der Waals surface area (Å²) in [6.45, 7) is 6.42. The van der Waals surface area contributed by atoms with Crippen LogP contribution in [0.15, 0.2) is 46.9 Å². The number of nitrogens with zero attached hydrogens (tertiary/aromatic N) is 2. The van der Waals surface area contributed by atoms with Crippen LogP contribution in [0.3, 0.4) is 0 Å². The number of rotatable bonds is 5. The van der Waals surface area contributed by atoms with Gasteiger partial charge in [0.2, 0.25) is 0 Å². The molecule has 3 aromatic rings. The molecule has 26 heavy (non-hydrogen) atoms. The van der Waals surface area contributed by atoms with Crippen molar-refractivity contribution in [2.45, 2.75) is 50.1 Å². The smallest absolute Gasteiger partial charge is 0.263 e. The van der Waals surface area contributed by atoms with Gasteiger partial charge in [-0.25, -0.2) is 4.98 Å². The second kappa shape index (κ2) is 7.41. The molecule has 2 aromatic heterocycles. The third kappa shape index (κ3) is 3.26. The normalized spacial score (nSPS) is 13.7. The summed E-state index contributed by atoms with van der Waals surface area (Å²) >= 11 is 3.35. The average Bonchev–Trinajstić information content (AvgIpc) is 3.02. The quantitative estimate of drug-likeness (QED) is 0.349. The Morgan fingerprint density at radius 1 is 1.27 bits per heavy atom. The largest absolute Gasteiger partial charge is 0.283 e. The summed E-state index contributed by atoms with van der Waals surface area (Å²) in [5.41, 5.74) is 3.85. The Morgan fingerprint density at radius 2 is 2.04 bits per heavy atom. The highest BCUT2D eigenvalue weighted by Gasteiger charge is 2.21. The fourth-order valence-electron chi connectivity index (χ4n) is 3.45. The first-order valence-corrected chi connectivity index (χ1v) is 10.8. The molecule has 0 unspecified atom stereocenters. The molecule has 0 amide bonds. The van der Waals surface area contributed by atoms with Crippen LogP contribution in [0.5, 0.6) is 0 Å². The van der Waals surface area contributed by atoms with Gasteiger partial charge in [0.05, 0.1) is 5.39 Å². The predicted molar refractivity (Wildman–Crippen MR) is 111 cm³/mol. The van der Waals surface area contributed by atoms with Gasteiger partial charge in [-0.05, 0) is 43.7 Å². The lowest BCUT2D eigenvalue weighted by Crippen LogP contribution is -2.23. The van der Waals surface area contributed by atoms with Crippen LogP contribution in [0.2, 0.25) is 0 Å². The Labute approximate surface area is 161 Å². The number of aromatic nitrogens is 2. The first-order chi connectivity index (χ1) is 12.7. The van der Waals surface area contributed by atoms with Crippen LogP contribution in [-0.4, -0.2) is 9.55 Å². The average molecular weight is 383 g/mol. The van der Waals surface area contributed by atoms with Gasteiger partial charge in [-0.3, -0.25) is 9.36 Å². The SMILES string of the molecule is C=CCn1c(SCc2ccc(C)cc2)nc2sc3c(c2c1=O)CCCC3. The van der Waals surface area contributed by atoms with Gasteiger partial charge < -0.3 is 0 Å². The van der Waals surface area contributed by atoms with Crippen molar-refractivity contribution in [1.82, 2.24) is 9.55 Å². The molecule has 0 N–H and O–H groups in total. The van der Waals surface area contributed by atoms with E-state index in [1.807, 2.05) is 0 Å². The van der Waals surface area contributed by atoms with Crippen LogP contribution < -0.4 is 5.56 Å². The minimum atomic E-state index is 0.0979. The van der Waals surface area contributed by atoms with Gasteiger partial charge in [0.25, 0.3) is 5.56 Å². The zero-order chi connectivity index (χ0) is 18.1. The third-order valence-electron chi connectivity index (χ3n) is 4.84. The molecule has 134 valence electrons. The predicted octanol–water partition coefficient (Wildman–Crippen LogP) is 5.12. The van der Waals surface area contributed by atoms with E-state index in [1.165, 1.54) is 34.4 Å². The Balaban J connectivity index is 1.75. The second-order valence-corrected chi connectivity index (χ2v) is 8.79. The first-order valence-electron chi connectivity index (χ1n) is 9.01. The van der Waals surface area contributed by atoms with E-state index in [1.54, 1.807) is 33.7 Å². The van der Waals surface area contributed by atoms with Gasteiger partial charge in [0.15, 0.2) is 5.16 Å². The standard InChI is InChI=1S/C21H22N2OS2/c1-3-12-23-20(24)18-16-6-4-5-7-17(16)26-19(18)22-21(23)25-13-15-10-8-14(2)9-11-15/h3,8-11H,1,4-7,12-13H2,2H3. The monoisotopic (exact) mass is 382 g/mol. The lowest BCUT2D eigenvalue weighted by Gasteiger charge is -2.12. The summed E-state index contributed by atoms with van der Waals surface area (Å²) in [6, 6.07) is 8.52. The number of thiophene rings is 1. The van der Waals surface area contributed by atoms with Crippen LogP contribution in [0.4, 0.5) is 0 Å². The van der Waals surface area contributed by atoms with Crippen molar-refractivity contribution in [1.29, 1.82) is 0 Å². The summed E-state index contributed by atoms with van der Waals surface area (Å²) in [5, 5.41) is 1.65. The Bertz CT molecular complexity index is 1020. The molecule has 0 spiro atoms. The fourth-order valence-corrected chi connectivity index (χ4v) is 5.72. The van der Waals surface area contributed by atoms with Crippen LogP contribution in [-0.2, 0) is 25.1 Å². The van der Waals surface area contributed by atoms with Gasteiger partial charge in [0, 0.05) is 17.2 Å². The van der Waals surface area contributed by atoms with Crippen molar-refractivity contribution in [3.05, 3.63) is 68.8 Å². The van der Waals surface area contributed by atoms with E-state index < -0.39 is 0 Å². The Kier molecular flexibility index (Phi) is 5.00. The molecule has 0 saturated heterocycles. The van der Waals surface area contributed by atoms with E-state index in [0.29, 0.717) is 6.54 Å². The highest BCUT2D eigenvalue weighted by molar-refractivity contribution is 7.98. The van der Waals surface area contributed by atoms with E-state index >= 15 is 0 Å². The molecule has 0 bridgehead atoms. The minimum Gasteiger partial charge on any atom is -0.283 e. The summed E-state index contributed by atoms with van der Waals surface area (Å²) in [7, 11) is 0. The lowest BCUT2D eigenvalue weighted by atomic mass is 9.97. The Morgan fingerprint density at radius 3 is 2.81 bits per heavy atom. The fraction of sp³-hybridized carbons (Fsp3) is 0.333. The number of hydrogen-bond donors (Lipinski definition) is 0. The highest BCUT2D eigenvalue weighted by Crippen LogP contribution is 2.35. The molecule has 4 rings (SSSR count). The number of allylic oxidation sites excluding steroid dienone is 1. The van der Waals surface area contributed by atoms with E-state index in [4.69, 9.17) is 4.98 Å². The summed E-state index contributed by atoms with van der Waals surface area (Å²) in [4.78, 5) is 20.4. The van der Waals surface area contributed by atoms with E-state index in [2.05, 4.69) is 37.8 Å². The molecular weight excluding hydrogens is 360 g/mol. The van der Waals surface area contributed by atoms with Crippen molar-refractivity contribution in [2.75, 3.05) is 0 Å². The third-order valence-corrected chi connectivity index (χ3v) is 7.07. The molecule has 2 heterocycles. The maximum absolute atomic E-state index is 13.2. The van der Waals surface area contributed by atoms with Crippen molar-refractivity contribution < 1.29 is 0 Å². The summed E-state index contributed by atoms with van der Waals surface area (Å²) < 4.78 is 1.79. The molecule has 1 aliphatic rings. The summed E-state index contributed by atoms with van der Waals surface area (Å²) in [6.07, 6.45) is 6.27. The number of fused-ring (bicyclic) bond motifs is 3. The highest BCUT2D eigenvalue weighted by atomic mass is 32.2. The maximum atomic E-state index is 13.2. The molecule has 1 aliphatic carbocycles. The van der Waals surface area contributed by atoms with E-state index in [0.717, 1.165) is 34.0 Å². The molecule has 0 radical (unpaired) electrons. The van der Waals surface area contributed by atoms with Gasteiger partial charge >= 0.3 is 0 Å². The molecule has 1 aromatic carbocycles. The first kappa shape index (κ1) is 17.6. The lowest BCUT2D eigenvalue weighted by molar-refractivity contribution is 0.668. The minimum absolute atomic E-state index is 0.0979. The van der Waals surface area contributed by atoms with Crippen molar-refractivity contribution in [3.63, 3.8) is 0 Å². The molecule has 3 nitrogen and oxygen atoms in total. The van der Waals surface area contributed by atoms with Crippen LogP contribution in [0, 0.1) is 6.92 Å². The van der Waals surface area contributed by atoms with Gasteiger partial charge in [-0.15, -0.1) is 17.9 Å². The van der Waals surface area contributed by atoms with Crippen molar-refractivity contribution in [3.8, 4) is 0 Å². The van der Waals surface area contributed by atoms with E-state index in [-0.39, 0.29) is 5.56 Å². The summed E-state index contributed by atoms with van der Waals surface area (Å²) in [5.74, 6) is 0.806. The van der Waals surface area contributed by atoms with Crippen molar-refractivity contribution >= 4 is 33.3 Å². The zero-order valence-electron chi connectivity index (χ0n) is 15.0. The number of hydrogen-bond acceptors (Lipinski definition) is 4. The maximum Gasteiger partial charge on any atom is 0.263 e. The van der Waals surface area contributed by atoms with Crippen LogP contribution in [0.25, 0.3) is 10.2 Å². The number of aryl methyl sites for hydroxylation is 3. The van der Waals surface area contributed by atoms with Gasteiger partial charge in [-0.1, -0.05) is 47.7 Å². The van der Waals surface area contributed by atoms with Crippen LogP contribution >= 0.6 is 23.1 Å². The second-order valence-electron chi connectivity index (χ2n) is 6.76. The van der Waals surface area contributed by atoms with E-state index in [9.17, 15) is 4.79 Å². The van der Waals surface area contributed by atoms with Gasteiger partial charge in [-0.2, -0.15) is 0 Å². The number of thioether (sulfide) groups is 1. The molecule has 0 atom stereocenters. The van der Waals surface area contributed by atoms with Gasteiger partial charge in [0.1, 0.15) is 4.83 Å². The number of benzene rings is 1. The van der Waals surface area contributed by atoms with Crippen LogP contribution in [0.1, 0.15) is 34.4 Å². The van der Waals surface area contributed by atoms with Crippen molar-refractivity contribution in [2.24, 2.45) is 0 Å². The molecule has 0 fully saturated rings. The molecule has 5 heteroatoms. The Hall–Kier alpha value is -1.85. The molecular formula is C21H22N2OS2.